The number of nitriles is 1. The lowest BCUT2D eigenvalue weighted by molar-refractivity contribution is -0.131. The molecule has 0 bridgehead atoms. The third kappa shape index (κ3) is 5.27. The number of benzene rings is 1. The van der Waals surface area contributed by atoms with Gasteiger partial charge in [-0.3, -0.25) is 4.79 Å². The van der Waals surface area contributed by atoms with E-state index in [0.717, 1.165) is 0 Å². The summed E-state index contributed by atoms with van der Waals surface area (Å²) in [5.41, 5.74) is 0. The van der Waals surface area contributed by atoms with Crippen molar-refractivity contribution in [3.63, 3.8) is 0 Å². The summed E-state index contributed by atoms with van der Waals surface area (Å²) in [5, 5.41) is 8.59. The zero-order valence-corrected chi connectivity index (χ0v) is 11.8. The van der Waals surface area contributed by atoms with Crippen LogP contribution in [-0.2, 0) is 4.79 Å². The van der Waals surface area contributed by atoms with Gasteiger partial charge in [-0.2, -0.15) is 5.26 Å². The van der Waals surface area contributed by atoms with Gasteiger partial charge in [-0.1, -0.05) is 6.07 Å². The van der Waals surface area contributed by atoms with Crippen molar-refractivity contribution in [3.8, 4) is 11.8 Å². The average molecular weight is 278 g/mol. The molecule has 0 fully saturated rings. The second kappa shape index (κ2) is 8.16. The Labute approximate surface area is 118 Å². The molecule has 1 aromatic carbocycles. The minimum Gasteiger partial charge on any atom is -0.493 e. The fourth-order valence-electron chi connectivity index (χ4n) is 1.66. The molecule has 0 aliphatic heterocycles. The first-order valence-electron chi connectivity index (χ1n) is 6.55. The van der Waals surface area contributed by atoms with Gasteiger partial charge < -0.3 is 9.64 Å². The number of carbonyl (C=O) groups excluding carboxylic acids is 1. The largest absolute Gasteiger partial charge is 0.493 e. The first-order valence-corrected chi connectivity index (χ1v) is 6.55. The minimum atomic E-state index is -0.344. The van der Waals surface area contributed by atoms with Crippen LogP contribution in [0.4, 0.5) is 4.39 Å². The van der Waals surface area contributed by atoms with E-state index >= 15 is 0 Å². The van der Waals surface area contributed by atoms with Crippen LogP contribution in [0.15, 0.2) is 24.3 Å². The van der Waals surface area contributed by atoms with Crippen LogP contribution >= 0.6 is 0 Å². The molecule has 0 aromatic heterocycles. The van der Waals surface area contributed by atoms with Crippen molar-refractivity contribution in [3.05, 3.63) is 30.1 Å². The molecule has 20 heavy (non-hydrogen) atoms. The quantitative estimate of drug-likeness (QED) is 0.721. The Kier molecular flexibility index (Phi) is 6.51. The van der Waals surface area contributed by atoms with Gasteiger partial charge in [0.05, 0.1) is 19.1 Å². The molecule has 0 aliphatic carbocycles. The molecule has 1 rings (SSSR count). The zero-order chi connectivity index (χ0) is 15.0. The molecule has 0 aliphatic rings. The molecular weight excluding hydrogens is 259 g/mol. The summed E-state index contributed by atoms with van der Waals surface area (Å²) in [4.78, 5) is 13.4. The summed E-state index contributed by atoms with van der Waals surface area (Å²) in [6.07, 6.45) is 1.22. The highest BCUT2D eigenvalue weighted by Gasteiger charge is 2.14. The molecule has 0 radical (unpaired) electrons. The maximum atomic E-state index is 12.9. The van der Waals surface area contributed by atoms with Gasteiger partial charge in [0, 0.05) is 25.6 Å². The van der Waals surface area contributed by atoms with Crippen molar-refractivity contribution in [2.24, 2.45) is 0 Å². The van der Waals surface area contributed by atoms with E-state index in [2.05, 4.69) is 0 Å². The number of rotatable bonds is 7. The summed E-state index contributed by atoms with van der Waals surface area (Å²) >= 11 is 0. The van der Waals surface area contributed by atoms with Crippen LogP contribution in [0.3, 0.4) is 0 Å². The fraction of sp³-hybridized carbons (Fsp3) is 0.467. The standard InChI is InChI=1S/C15H19FN2O2/c1-12(8-9-17)18(2)15(19)7-4-10-20-14-6-3-5-13(16)11-14/h3,5-6,11-12H,4,7-8,10H2,1-2H3/t12-/m0/s1. The van der Waals surface area contributed by atoms with Crippen LogP contribution in [0.2, 0.25) is 0 Å². The van der Waals surface area contributed by atoms with Crippen LogP contribution in [0, 0.1) is 17.1 Å². The van der Waals surface area contributed by atoms with E-state index in [-0.39, 0.29) is 17.8 Å². The minimum absolute atomic E-state index is 0.0180. The lowest BCUT2D eigenvalue weighted by atomic mass is 10.2. The summed E-state index contributed by atoms with van der Waals surface area (Å²) in [5.74, 6) is 0.0999. The number of hydrogen-bond acceptors (Lipinski definition) is 3. The van der Waals surface area contributed by atoms with E-state index in [4.69, 9.17) is 10.00 Å². The Morgan fingerprint density at radius 3 is 2.95 bits per heavy atom. The highest BCUT2D eigenvalue weighted by Crippen LogP contribution is 2.12. The summed E-state index contributed by atoms with van der Waals surface area (Å²) in [6.45, 7) is 2.19. The van der Waals surface area contributed by atoms with Crippen LogP contribution in [0.1, 0.15) is 26.2 Å². The first kappa shape index (κ1) is 16.0. The number of carbonyl (C=O) groups is 1. The highest BCUT2D eigenvalue weighted by molar-refractivity contribution is 5.76. The second-order valence-electron chi connectivity index (χ2n) is 4.63. The molecule has 0 N–H and O–H groups in total. The Morgan fingerprint density at radius 1 is 1.55 bits per heavy atom. The zero-order valence-electron chi connectivity index (χ0n) is 11.8. The molecule has 1 aromatic rings. The lowest BCUT2D eigenvalue weighted by Gasteiger charge is -2.22. The van der Waals surface area contributed by atoms with Gasteiger partial charge >= 0.3 is 0 Å². The Bertz CT molecular complexity index is 485. The van der Waals surface area contributed by atoms with Crippen LogP contribution in [0.5, 0.6) is 5.75 Å². The Morgan fingerprint density at radius 2 is 2.30 bits per heavy atom. The van der Waals surface area contributed by atoms with E-state index in [0.29, 0.717) is 31.6 Å². The highest BCUT2D eigenvalue weighted by atomic mass is 19.1. The fourth-order valence-corrected chi connectivity index (χ4v) is 1.66. The van der Waals surface area contributed by atoms with Gasteiger partial charge in [0.25, 0.3) is 0 Å². The van der Waals surface area contributed by atoms with Crippen LogP contribution in [-0.4, -0.2) is 30.5 Å². The first-order chi connectivity index (χ1) is 9.54. The molecule has 1 amide bonds. The van der Waals surface area contributed by atoms with E-state index in [1.165, 1.54) is 12.1 Å². The number of halogens is 1. The molecule has 5 heteroatoms. The summed E-state index contributed by atoms with van der Waals surface area (Å²) in [7, 11) is 1.69. The van der Waals surface area contributed by atoms with Crippen molar-refractivity contribution in [2.75, 3.05) is 13.7 Å². The van der Waals surface area contributed by atoms with Gasteiger partial charge in [0.1, 0.15) is 11.6 Å². The van der Waals surface area contributed by atoms with E-state index in [1.807, 2.05) is 13.0 Å². The number of nitrogens with zero attached hydrogens (tertiary/aromatic N) is 2. The van der Waals surface area contributed by atoms with Crippen molar-refractivity contribution >= 4 is 5.91 Å². The average Bonchev–Trinajstić information content (AvgIpc) is 2.43. The molecule has 0 saturated heterocycles. The number of amides is 1. The number of hydrogen-bond donors (Lipinski definition) is 0. The van der Waals surface area contributed by atoms with Gasteiger partial charge in [-0.15, -0.1) is 0 Å². The van der Waals surface area contributed by atoms with Crippen molar-refractivity contribution < 1.29 is 13.9 Å². The monoisotopic (exact) mass is 278 g/mol. The normalized spacial score (nSPS) is 11.5. The SMILES string of the molecule is C[C@@H](CC#N)N(C)C(=O)CCCOc1cccc(F)c1. The summed E-state index contributed by atoms with van der Waals surface area (Å²) < 4.78 is 18.3. The second-order valence-corrected chi connectivity index (χ2v) is 4.63. The molecule has 108 valence electrons. The predicted octanol–water partition coefficient (Wildman–Crippen LogP) is 2.75. The maximum Gasteiger partial charge on any atom is 0.222 e. The number of ether oxygens (including phenoxy) is 1. The van der Waals surface area contributed by atoms with Crippen molar-refractivity contribution in [1.29, 1.82) is 5.26 Å². The molecule has 4 nitrogen and oxygen atoms in total. The van der Waals surface area contributed by atoms with Gasteiger partial charge in [0.15, 0.2) is 0 Å². The molecule has 0 heterocycles. The van der Waals surface area contributed by atoms with E-state index < -0.39 is 0 Å². The molecule has 0 unspecified atom stereocenters. The molecule has 0 saturated carbocycles. The van der Waals surface area contributed by atoms with Crippen molar-refractivity contribution in [2.45, 2.75) is 32.2 Å². The third-order valence-electron chi connectivity index (χ3n) is 3.04. The summed E-state index contributed by atoms with van der Waals surface area (Å²) in [6, 6.07) is 7.86. The molecule has 0 spiro atoms. The molecule has 1 atom stereocenters. The van der Waals surface area contributed by atoms with Gasteiger partial charge in [-0.25, -0.2) is 4.39 Å². The van der Waals surface area contributed by atoms with E-state index in [9.17, 15) is 9.18 Å². The van der Waals surface area contributed by atoms with Crippen molar-refractivity contribution in [1.82, 2.24) is 4.90 Å². The predicted molar refractivity (Wildman–Crippen MR) is 73.6 cm³/mol. The van der Waals surface area contributed by atoms with Crippen LogP contribution < -0.4 is 4.74 Å². The van der Waals surface area contributed by atoms with Gasteiger partial charge in [0.2, 0.25) is 5.91 Å². The van der Waals surface area contributed by atoms with Crippen LogP contribution in [0.25, 0.3) is 0 Å². The van der Waals surface area contributed by atoms with Gasteiger partial charge in [-0.05, 0) is 25.5 Å². The topological polar surface area (TPSA) is 53.3 Å². The Hall–Kier alpha value is -2.09. The Balaban J connectivity index is 2.27. The van der Waals surface area contributed by atoms with E-state index in [1.54, 1.807) is 24.1 Å². The maximum absolute atomic E-state index is 12.9. The lowest BCUT2D eigenvalue weighted by Crippen LogP contribution is -2.34. The smallest absolute Gasteiger partial charge is 0.222 e. The third-order valence-corrected chi connectivity index (χ3v) is 3.04. The molecular formula is C15H19FN2O2.